The van der Waals surface area contributed by atoms with Gasteiger partial charge in [0.2, 0.25) is 5.91 Å². The van der Waals surface area contributed by atoms with Crippen molar-refractivity contribution in [3.63, 3.8) is 0 Å². The molecule has 0 bridgehead atoms. The third-order valence-electron chi connectivity index (χ3n) is 4.39. The average molecular weight is 362 g/mol. The van der Waals surface area contributed by atoms with Crippen molar-refractivity contribution >= 4 is 12.0 Å². The summed E-state index contributed by atoms with van der Waals surface area (Å²) in [5.74, 6) is 0.862. The van der Waals surface area contributed by atoms with Crippen LogP contribution in [0.15, 0.2) is 24.3 Å². The van der Waals surface area contributed by atoms with E-state index in [0.717, 1.165) is 17.7 Å². The van der Waals surface area contributed by atoms with Gasteiger partial charge in [-0.05, 0) is 57.7 Å². The van der Waals surface area contributed by atoms with E-state index in [0.29, 0.717) is 32.5 Å². The number of benzene rings is 1. The number of piperidine rings is 1. The average Bonchev–Trinajstić information content (AvgIpc) is 2.61. The molecule has 0 atom stereocenters. The highest BCUT2D eigenvalue weighted by molar-refractivity contribution is 5.79. The summed E-state index contributed by atoms with van der Waals surface area (Å²) >= 11 is 0. The van der Waals surface area contributed by atoms with Crippen molar-refractivity contribution < 1.29 is 19.1 Å². The Bertz CT molecular complexity index is 599. The summed E-state index contributed by atoms with van der Waals surface area (Å²) in [6, 6.07) is 7.85. The lowest BCUT2D eigenvalue weighted by molar-refractivity contribution is -0.126. The summed E-state index contributed by atoms with van der Waals surface area (Å²) in [5, 5.41) is 3.01. The van der Waals surface area contributed by atoms with Gasteiger partial charge in [0, 0.05) is 25.6 Å². The molecule has 0 spiro atoms. The molecule has 2 rings (SSSR count). The van der Waals surface area contributed by atoms with Crippen LogP contribution in [0.2, 0.25) is 0 Å². The van der Waals surface area contributed by atoms with E-state index in [2.05, 4.69) is 5.32 Å². The van der Waals surface area contributed by atoms with E-state index < -0.39 is 5.60 Å². The van der Waals surface area contributed by atoms with E-state index in [9.17, 15) is 9.59 Å². The van der Waals surface area contributed by atoms with Gasteiger partial charge < -0.3 is 19.7 Å². The molecule has 0 aliphatic carbocycles. The van der Waals surface area contributed by atoms with Crippen molar-refractivity contribution in [3.8, 4) is 5.75 Å². The molecular weight excluding hydrogens is 332 g/mol. The summed E-state index contributed by atoms with van der Waals surface area (Å²) in [4.78, 5) is 26.1. The zero-order valence-corrected chi connectivity index (χ0v) is 16.2. The maximum absolute atomic E-state index is 12.3. The minimum absolute atomic E-state index is 0.0374. The van der Waals surface area contributed by atoms with Crippen LogP contribution in [-0.4, -0.2) is 49.2 Å². The second kappa shape index (κ2) is 8.92. The molecule has 26 heavy (non-hydrogen) atoms. The van der Waals surface area contributed by atoms with Gasteiger partial charge in [-0.3, -0.25) is 4.79 Å². The van der Waals surface area contributed by atoms with Crippen molar-refractivity contribution in [2.24, 2.45) is 5.92 Å². The first-order valence-corrected chi connectivity index (χ1v) is 9.17. The van der Waals surface area contributed by atoms with Crippen LogP contribution in [-0.2, 0) is 16.0 Å². The Balaban J connectivity index is 1.70. The van der Waals surface area contributed by atoms with Crippen molar-refractivity contribution in [2.75, 3.05) is 26.7 Å². The highest BCUT2D eigenvalue weighted by atomic mass is 16.6. The van der Waals surface area contributed by atoms with E-state index in [1.165, 1.54) is 0 Å². The highest BCUT2D eigenvalue weighted by Crippen LogP contribution is 2.20. The lowest BCUT2D eigenvalue weighted by atomic mass is 9.96. The molecule has 1 heterocycles. The third-order valence-corrected chi connectivity index (χ3v) is 4.39. The van der Waals surface area contributed by atoms with E-state index in [1.807, 2.05) is 45.0 Å². The van der Waals surface area contributed by atoms with Crippen molar-refractivity contribution in [2.45, 2.75) is 45.6 Å². The second-order valence-electron chi connectivity index (χ2n) is 7.63. The van der Waals surface area contributed by atoms with Gasteiger partial charge in [-0.15, -0.1) is 0 Å². The Morgan fingerprint density at radius 3 is 2.31 bits per heavy atom. The highest BCUT2D eigenvalue weighted by Gasteiger charge is 2.29. The van der Waals surface area contributed by atoms with E-state index in [1.54, 1.807) is 12.0 Å². The molecule has 6 heteroatoms. The maximum Gasteiger partial charge on any atom is 0.410 e. The van der Waals surface area contributed by atoms with Gasteiger partial charge in [0.15, 0.2) is 0 Å². The first-order valence-electron chi connectivity index (χ1n) is 9.17. The number of likely N-dealkylation sites (tertiary alicyclic amines) is 1. The van der Waals surface area contributed by atoms with Gasteiger partial charge in [0.1, 0.15) is 11.4 Å². The molecule has 1 aromatic rings. The monoisotopic (exact) mass is 362 g/mol. The molecule has 1 aromatic carbocycles. The lowest BCUT2D eigenvalue weighted by Gasteiger charge is -2.32. The molecule has 2 amide bonds. The second-order valence-corrected chi connectivity index (χ2v) is 7.63. The minimum atomic E-state index is -0.493. The van der Waals surface area contributed by atoms with Crippen LogP contribution in [0.4, 0.5) is 4.79 Å². The summed E-state index contributed by atoms with van der Waals surface area (Å²) in [6.07, 6.45) is 1.84. The quantitative estimate of drug-likeness (QED) is 0.874. The normalized spacial score (nSPS) is 15.5. The smallest absolute Gasteiger partial charge is 0.410 e. The Morgan fingerprint density at radius 2 is 1.77 bits per heavy atom. The summed E-state index contributed by atoms with van der Waals surface area (Å²) in [7, 11) is 1.64. The minimum Gasteiger partial charge on any atom is -0.497 e. The molecule has 1 aliphatic heterocycles. The van der Waals surface area contributed by atoms with E-state index >= 15 is 0 Å². The number of nitrogens with zero attached hydrogens (tertiary/aromatic N) is 1. The van der Waals surface area contributed by atoms with Crippen molar-refractivity contribution in [3.05, 3.63) is 29.8 Å². The standard InChI is InChI=1S/C20H30N2O4/c1-20(2,3)26-19(24)22-13-10-16(11-14-22)18(23)21-12-9-15-5-7-17(25-4)8-6-15/h5-8,16H,9-14H2,1-4H3,(H,21,23). The molecule has 0 unspecified atom stereocenters. The molecular formula is C20H30N2O4. The van der Waals surface area contributed by atoms with Crippen LogP contribution in [0.1, 0.15) is 39.2 Å². The first kappa shape index (κ1) is 20.1. The summed E-state index contributed by atoms with van der Waals surface area (Å²) < 4.78 is 10.5. The lowest BCUT2D eigenvalue weighted by Crippen LogP contribution is -2.45. The van der Waals surface area contributed by atoms with Crippen LogP contribution in [0.5, 0.6) is 5.75 Å². The fourth-order valence-corrected chi connectivity index (χ4v) is 2.92. The van der Waals surface area contributed by atoms with Crippen LogP contribution in [0.3, 0.4) is 0 Å². The molecule has 6 nitrogen and oxygen atoms in total. The van der Waals surface area contributed by atoms with Gasteiger partial charge in [0.05, 0.1) is 7.11 Å². The maximum atomic E-state index is 12.3. The number of carbonyl (C=O) groups excluding carboxylic acids is 2. The topological polar surface area (TPSA) is 67.9 Å². The number of carbonyl (C=O) groups is 2. The van der Waals surface area contributed by atoms with Crippen LogP contribution >= 0.6 is 0 Å². The molecule has 0 saturated carbocycles. The van der Waals surface area contributed by atoms with Gasteiger partial charge in [-0.25, -0.2) is 4.79 Å². The Kier molecular flexibility index (Phi) is 6.89. The fraction of sp³-hybridized carbons (Fsp3) is 0.600. The molecule has 0 aromatic heterocycles. The largest absolute Gasteiger partial charge is 0.497 e. The molecule has 1 saturated heterocycles. The van der Waals surface area contributed by atoms with Crippen molar-refractivity contribution in [1.82, 2.24) is 10.2 Å². The Morgan fingerprint density at radius 1 is 1.15 bits per heavy atom. The van der Waals surface area contributed by atoms with Crippen LogP contribution < -0.4 is 10.1 Å². The Hall–Kier alpha value is -2.24. The zero-order valence-electron chi connectivity index (χ0n) is 16.2. The summed E-state index contributed by atoms with van der Waals surface area (Å²) in [6.45, 7) is 7.30. The van der Waals surface area contributed by atoms with Crippen LogP contribution in [0.25, 0.3) is 0 Å². The third kappa shape index (κ3) is 6.24. The number of amides is 2. The molecule has 144 valence electrons. The predicted molar refractivity (Wildman–Crippen MR) is 100 cm³/mol. The van der Waals surface area contributed by atoms with Gasteiger partial charge in [-0.1, -0.05) is 12.1 Å². The number of hydrogen-bond acceptors (Lipinski definition) is 4. The first-order chi connectivity index (χ1) is 12.3. The molecule has 0 radical (unpaired) electrons. The van der Waals surface area contributed by atoms with Gasteiger partial charge in [0.25, 0.3) is 0 Å². The number of nitrogens with one attached hydrogen (secondary N) is 1. The molecule has 1 aliphatic rings. The Labute approximate surface area is 155 Å². The number of rotatable bonds is 5. The SMILES string of the molecule is COc1ccc(CCNC(=O)C2CCN(C(=O)OC(C)(C)C)CC2)cc1. The fourth-order valence-electron chi connectivity index (χ4n) is 2.92. The number of methoxy groups -OCH3 is 1. The zero-order chi connectivity index (χ0) is 19.2. The van der Waals surface area contributed by atoms with Gasteiger partial charge >= 0.3 is 6.09 Å². The predicted octanol–water partition coefficient (Wildman–Crippen LogP) is 3.00. The van der Waals surface area contributed by atoms with E-state index in [-0.39, 0.29) is 17.9 Å². The van der Waals surface area contributed by atoms with Gasteiger partial charge in [-0.2, -0.15) is 0 Å². The number of ether oxygens (including phenoxy) is 2. The number of hydrogen-bond donors (Lipinski definition) is 1. The van der Waals surface area contributed by atoms with Crippen molar-refractivity contribution in [1.29, 1.82) is 0 Å². The molecule has 1 fully saturated rings. The van der Waals surface area contributed by atoms with E-state index in [4.69, 9.17) is 9.47 Å². The summed E-state index contributed by atoms with van der Waals surface area (Å²) in [5.41, 5.74) is 0.665. The molecule has 1 N–H and O–H groups in total. The van der Waals surface area contributed by atoms with Crippen LogP contribution in [0, 0.1) is 5.92 Å².